The van der Waals surface area contributed by atoms with Gasteiger partial charge in [-0.15, -0.1) is 0 Å². The Morgan fingerprint density at radius 3 is 2.38 bits per heavy atom. The number of carbonyl (C=O) groups excluding carboxylic acids is 1. The summed E-state index contributed by atoms with van der Waals surface area (Å²) in [5, 5.41) is 10.9. The van der Waals surface area contributed by atoms with Gasteiger partial charge in [0.15, 0.2) is 0 Å². The minimum absolute atomic E-state index is 0.373. The van der Waals surface area contributed by atoms with Crippen LogP contribution in [0.3, 0.4) is 0 Å². The normalized spacial score (nSPS) is 15.1. The molecule has 0 fully saturated rings. The van der Waals surface area contributed by atoms with Crippen molar-refractivity contribution in [2.45, 2.75) is 45.6 Å². The average molecular weight is 294 g/mol. The van der Waals surface area contributed by atoms with Crippen molar-refractivity contribution in [3.05, 3.63) is 29.8 Å². The zero-order valence-corrected chi connectivity index (χ0v) is 13.4. The molecular formula is C17H26O4. The Balaban J connectivity index is 2.99. The van der Waals surface area contributed by atoms with E-state index < -0.39 is 11.5 Å². The van der Waals surface area contributed by atoms with Gasteiger partial charge in [-0.25, -0.2) is 0 Å². The molecule has 0 aromatic heterocycles. The standard InChI is InChI=1S/C17H26O4/c1-5-7-8-15(16(18)20-4)17(3,19)13-9-11-14(12-10-13)21-6-2/h9-12,15,19H,5-8H2,1-4H3. The quantitative estimate of drug-likeness (QED) is 0.748. The summed E-state index contributed by atoms with van der Waals surface area (Å²) in [6, 6.07) is 7.21. The highest BCUT2D eigenvalue weighted by molar-refractivity contribution is 5.74. The van der Waals surface area contributed by atoms with E-state index in [4.69, 9.17) is 9.47 Å². The highest BCUT2D eigenvalue weighted by Gasteiger charge is 2.39. The summed E-state index contributed by atoms with van der Waals surface area (Å²) in [5.74, 6) is -0.192. The minimum atomic E-state index is -1.26. The Labute approximate surface area is 127 Å². The highest BCUT2D eigenvalue weighted by atomic mass is 16.5. The first-order chi connectivity index (χ1) is 9.97. The molecular weight excluding hydrogens is 268 g/mol. The molecule has 0 spiro atoms. The number of aliphatic hydroxyl groups is 1. The van der Waals surface area contributed by atoms with Crippen LogP contribution in [0.1, 0.15) is 45.6 Å². The molecule has 4 heteroatoms. The van der Waals surface area contributed by atoms with Crippen LogP contribution >= 0.6 is 0 Å². The van der Waals surface area contributed by atoms with Crippen LogP contribution in [0.2, 0.25) is 0 Å². The number of ether oxygens (including phenoxy) is 2. The van der Waals surface area contributed by atoms with Crippen molar-refractivity contribution in [2.75, 3.05) is 13.7 Å². The third-order valence-electron chi connectivity index (χ3n) is 3.76. The first-order valence-corrected chi connectivity index (χ1v) is 7.50. The second-order valence-electron chi connectivity index (χ2n) is 5.32. The Morgan fingerprint density at radius 1 is 1.29 bits per heavy atom. The smallest absolute Gasteiger partial charge is 0.311 e. The van der Waals surface area contributed by atoms with Gasteiger partial charge in [-0.1, -0.05) is 31.9 Å². The maximum atomic E-state index is 12.0. The molecule has 1 rings (SSSR count). The fourth-order valence-electron chi connectivity index (χ4n) is 2.44. The molecule has 1 N–H and O–H groups in total. The highest BCUT2D eigenvalue weighted by Crippen LogP contribution is 2.34. The minimum Gasteiger partial charge on any atom is -0.494 e. The molecule has 0 saturated carbocycles. The maximum absolute atomic E-state index is 12.0. The molecule has 0 bridgehead atoms. The molecule has 2 atom stereocenters. The summed E-state index contributed by atoms with van der Waals surface area (Å²) in [6.07, 6.45) is 2.43. The van der Waals surface area contributed by atoms with Crippen LogP contribution in [0.15, 0.2) is 24.3 Å². The fraction of sp³-hybridized carbons (Fsp3) is 0.588. The molecule has 1 aromatic carbocycles. The summed E-state index contributed by atoms with van der Waals surface area (Å²) >= 11 is 0. The van der Waals surface area contributed by atoms with Crippen molar-refractivity contribution in [2.24, 2.45) is 5.92 Å². The molecule has 0 saturated heterocycles. The molecule has 0 heterocycles. The van der Waals surface area contributed by atoms with Crippen molar-refractivity contribution in [1.29, 1.82) is 0 Å². The summed E-state index contributed by atoms with van der Waals surface area (Å²) in [7, 11) is 1.36. The lowest BCUT2D eigenvalue weighted by molar-refractivity contribution is -0.156. The number of hydrogen-bond donors (Lipinski definition) is 1. The molecule has 0 aliphatic heterocycles. The molecule has 0 aliphatic carbocycles. The number of hydrogen-bond acceptors (Lipinski definition) is 4. The van der Waals surface area contributed by atoms with Crippen molar-refractivity contribution >= 4 is 5.97 Å². The summed E-state index contributed by atoms with van der Waals surface area (Å²) in [6.45, 7) is 6.24. The molecule has 0 amide bonds. The molecule has 0 radical (unpaired) electrons. The van der Waals surface area contributed by atoms with Gasteiger partial charge >= 0.3 is 5.97 Å². The molecule has 0 aliphatic rings. The van der Waals surface area contributed by atoms with Crippen LogP contribution in [0, 0.1) is 5.92 Å². The predicted octanol–water partition coefficient (Wildman–Crippen LogP) is 3.27. The van der Waals surface area contributed by atoms with Gasteiger partial charge in [-0.2, -0.15) is 0 Å². The van der Waals surface area contributed by atoms with Gasteiger partial charge in [0.2, 0.25) is 0 Å². The molecule has 21 heavy (non-hydrogen) atoms. The van der Waals surface area contributed by atoms with Gasteiger partial charge in [0.05, 0.1) is 19.6 Å². The third-order valence-corrected chi connectivity index (χ3v) is 3.76. The zero-order valence-electron chi connectivity index (χ0n) is 13.4. The second kappa shape index (κ2) is 8.03. The van der Waals surface area contributed by atoms with E-state index in [2.05, 4.69) is 6.92 Å². The number of rotatable bonds is 8. The predicted molar refractivity (Wildman–Crippen MR) is 82.2 cm³/mol. The van der Waals surface area contributed by atoms with Gasteiger partial charge in [-0.3, -0.25) is 4.79 Å². The lowest BCUT2D eigenvalue weighted by atomic mass is 9.80. The fourth-order valence-corrected chi connectivity index (χ4v) is 2.44. The van der Waals surface area contributed by atoms with Gasteiger partial charge in [0.1, 0.15) is 11.4 Å². The first kappa shape index (κ1) is 17.5. The number of esters is 1. The van der Waals surface area contributed by atoms with Crippen LogP contribution in [0.25, 0.3) is 0 Å². The number of benzene rings is 1. The Bertz CT molecular complexity index is 437. The van der Waals surface area contributed by atoms with E-state index in [1.165, 1.54) is 7.11 Å². The number of unbranched alkanes of at least 4 members (excludes halogenated alkanes) is 1. The first-order valence-electron chi connectivity index (χ1n) is 7.50. The van der Waals surface area contributed by atoms with E-state index in [-0.39, 0.29) is 5.97 Å². The van der Waals surface area contributed by atoms with E-state index in [1.807, 2.05) is 19.1 Å². The molecule has 2 unspecified atom stereocenters. The van der Waals surface area contributed by atoms with Crippen LogP contribution < -0.4 is 4.74 Å². The monoisotopic (exact) mass is 294 g/mol. The molecule has 118 valence electrons. The van der Waals surface area contributed by atoms with Gasteiger partial charge in [0.25, 0.3) is 0 Å². The van der Waals surface area contributed by atoms with Gasteiger partial charge < -0.3 is 14.6 Å². The van der Waals surface area contributed by atoms with Gasteiger partial charge in [0, 0.05) is 0 Å². The maximum Gasteiger partial charge on any atom is 0.311 e. The van der Waals surface area contributed by atoms with E-state index in [0.717, 1.165) is 18.6 Å². The second-order valence-corrected chi connectivity index (χ2v) is 5.32. The Kier molecular flexibility index (Phi) is 6.69. The van der Waals surface area contributed by atoms with Crippen molar-refractivity contribution in [3.8, 4) is 5.75 Å². The van der Waals surface area contributed by atoms with Crippen LogP contribution in [-0.4, -0.2) is 24.8 Å². The lowest BCUT2D eigenvalue weighted by Gasteiger charge is -2.31. The summed E-state index contributed by atoms with van der Waals surface area (Å²) in [4.78, 5) is 12.0. The topological polar surface area (TPSA) is 55.8 Å². The van der Waals surface area contributed by atoms with E-state index in [1.54, 1.807) is 19.1 Å². The van der Waals surface area contributed by atoms with Gasteiger partial charge in [-0.05, 0) is 38.0 Å². The average Bonchev–Trinajstić information content (AvgIpc) is 2.48. The van der Waals surface area contributed by atoms with Crippen molar-refractivity contribution in [1.82, 2.24) is 0 Å². The van der Waals surface area contributed by atoms with E-state index in [9.17, 15) is 9.90 Å². The van der Waals surface area contributed by atoms with Crippen LogP contribution in [0.5, 0.6) is 5.75 Å². The van der Waals surface area contributed by atoms with E-state index in [0.29, 0.717) is 18.6 Å². The van der Waals surface area contributed by atoms with Crippen molar-refractivity contribution in [3.63, 3.8) is 0 Å². The zero-order chi connectivity index (χ0) is 15.9. The summed E-state index contributed by atoms with van der Waals surface area (Å²) in [5.41, 5.74) is -0.565. The SMILES string of the molecule is CCCCC(C(=O)OC)C(C)(O)c1ccc(OCC)cc1. The third kappa shape index (κ3) is 4.46. The lowest BCUT2D eigenvalue weighted by Crippen LogP contribution is -2.38. The summed E-state index contributed by atoms with van der Waals surface area (Å²) < 4.78 is 10.3. The van der Waals surface area contributed by atoms with Crippen LogP contribution in [-0.2, 0) is 15.1 Å². The van der Waals surface area contributed by atoms with E-state index >= 15 is 0 Å². The Morgan fingerprint density at radius 2 is 1.90 bits per heavy atom. The van der Waals surface area contributed by atoms with Crippen LogP contribution in [0.4, 0.5) is 0 Å². The molecule has 1 aromatic rings. The number of methoxy groups -OCH3 is 1. The Hall–Kier alpha value is -1.55. The largest absolute Gasteiger partial charge is 0.494 e. The van der Waals surface area contributed by atoms with Crippen molar-refractivity contribution < 1.29 is 19.4 Å². The number of carbonyl (C=O) groups is 1. The molecule has 4 nitrogen and oxygen atoms in total.